The third-order valence-electron chi connectivity index (χ3n) is 2.64. The summed E-state index contributed by atoms with van der Waals surface area (Å²) in [6, 6.07) is 5.79. The van der Waals surface area contributed by atoms with Crippen molar-refractivity contribution in [1.29, 1.82) is 0 Å². The van der Waals surface area contributed by atoms with Gasteiger partial charge in [-0.05, 0) is 26.0 Å². The smallest absolute Gasteiger partial charge is 0.146 e. The number of nitrogens with zero attached hydrogens (tertiary/aromatic N) is 3. The number of aryl methyl sites for hydroxylation is 1. The molecule has 0 aliphatic heterocycles. The largest absolute Gasteiger partial charge is 0.308 e. The molecule has 2 heterocycles. The number of aromatic nitrogens is 3. The lowest BCUT2D eigenvalue weighted by molar-refractivity contribution is 0.904. The Bertz CT molecular complexity index is 510. The van der Waals surface area contributed by atoms with Crippen molar-refractivity contribution in [1.82, 2.24) is 15.0 Å². The summed E-state index contributed by atoms with van der Waals surface area (Å²) in [4.78, 5) is 13.0. The fraction of sp³-hybridized carbons (Fsp3) is 0.250. The summed E-state index contributed by atoms with van der Waals surface area (Å²) in [7, 11) is 0. The zero-order valence-electron chi connectivity index (χ0n) is 9.94. The first-order chi connectivity index (χ1) is 8.20. The maximum atomic E-state index is 5.43. The molecule has 0 radical (unpaired) electrons. The minimum Gasteiger partial charge on any atom is -0.308 e. The van der Waals surface area contributed by atoms with E-state index in [2.05, 4.69) is 20.4 Å². The van der Waals surface area contributed by atoms with Crippen LogP contribution in [0.4, 0.5) is 5.82 Å². The third kappa shape index (κ3) is 2.57. The quantitative estimate of drug-likeness (QED) is 0.614. The molecule has 0 bridgehead atoms. The van der Waals surface area contributed by atoms with Crippen LogP contribution >= 0.6 is 0 Å². The molecule has 2 rings (SSSR count). The fourth-order valence-corrected chi connectivity index (χ4v) is 1.57. The average molecular weight is 229 g/mol. The highest BCUT2D eigenvalue weighted by atomic mass is 15.3. The Morgan fingerprint density at radius 2 is 2.06 bits per heavy atom. The highest BCUT2D eigenvalue weighted by Crippen LogP contribution is 2.14. The molecule has 17 heavy (non-hydrogen) atoms. The van der Waals surface area contributed by atoms with E-state index in [4.69, 9.17) is 5.84 Å². The summed E-state index contributed by atoms with van der Waals surface area (Å²) >= 11 is 0. The summed E-state index contributed by atoms with van der Waals surface area (Å²) in [6.07, 6.45) is 2.37. The van der Waals surface area contributed by atoms with Crippen LogP contribution in [0.1, 0.15) is 22.8 Å². The van der Waals surface area contributed by atoms with Crippen molar-refractivity contribution >= 4 is 5.82 Å². The van der Waals surface area contributed by atoms with E-state index in [-0.39, 0.29) is 0 Å². The van der Waals surface area contributed by atoms with Crippen molar-refractivity contribution in [2.24, 2.45) is 5.84 Å². The second-order valence-electron chi connectivity index (χ2n) is 3.84. The molecule has 0 aliphatic carbocycles. The van der Waals surface area contributed by atoms with Crippen LogP contribution in [0, 0.1) is 13.8 Å². The molecule has 0 atom stereocenters. The second-order valence-corrected chi connectivity index (χ2v) is 3.84. The molecule has 0 spiro atoms. The summed E-state index contributed by atoms with van der Waals surface area (Å²) in [5.41, 5.74) is 5.43. The molecule has 0 amide bonds. The number of hydrazine groups is 1. The summed E-state index contributed by atoms with van der Waals surface area (Å²) < 4.78 is 0. The summed E-state index contributed by atoms with van der Waals surface area (Å²) in [5.74, 6) is 6.82. The Hall–Kier alpha value is -2.01. The Balaban J connectivity index is 2.31. The van der Waals surface area contributed by atoms with E-state index in [1.807, 2.05) is 32.0 Å². The SMILES string of the molecule is Cc1nc(Cc2ccccn2)nc(NN)c1C. The van der Waals surface area contributed by atoms with E-state index in [0.717, 1.165) is 22.8 Å². The molecule has 3 N–H and O–H groups in total. The zero-order valence-corrected chi connectivity index (χ0v) is 9.94. The lowest BCUT2D eigenvalue weighted by Gasteiger charge is -2.09. The van der Waals surface area contributed by atoms with Crippen molar-refractivity contribution in [3.05, 3.63) is 47.2 Å². The van der Waals surface area contributed by atoms with Crippen LogP contribution in [0.25, 0.3) is 0 Å². The number of rotatable bonds is 3. The molecule has 0 unspecified atom stereocenters. The number of anilines is 1. The molecule has 88 valence electrons. The Morgan fingerprint density at radius 1 is 1.24 bits per heavy atom. The van der Waals surface area contributed by atoms with Gasteiger partial charge in [0, 0.05) is 23.1 Å². The van der Waals surface area contributed by atoms with E-state index in [1.165, 1.54) is 0 Å². The van der Waals surface area contributed by atoms with Crippen molar-refractivity contribution in [3.63, 3.8) is 0 Å². The molecular weight excluding hydrogens is 214 g/mol. The van der Waals surface area contributed by atoms with E-state index < -0.39 is 0 Å². The highest BCUT2D eigenvalue weighted by molar-refractivity contribution is 5.44. The zero-order chi connectivity index (χ0) is 12.3. The average Bonchev–Trinajstić information content (AvgIpc) is 2.35. The van der Waals surface area contributed by atoms with Crippen LogP contribution in [0.2, 0.25) is 0 Å². The van der Waals surface area contributed by atoms with Gasteiger partial charge in [0.05, 0.1) is 6.42 Å². The number of nitrogens with one attached hydrogen (secondary N) is 1. The van der Waals surface area contributed by atoms with Gasteiger partial charge in [0.2, 0.25) is 0 Å². The Labute approximate surface area is 100 Å². The normalized spacial score (nSPS) is 10.3. The van der Waals surface area contributed by atoms with Crippen molar-refractivity contribution < 1.29 is 0 Å². The lowest BCUT2D eigenvalue weighted by atomic mass is 10.2. The third-order valence-corrected chi connectivity index (χ3v) is 2.64. The van der Waals surface area contributed by atoms with Gasteiger partial charge in [-0.15, -0.1) is 0 Å². The van der Waals surface area contributed by atoms with Crippen LogP contribution in [-0.2, 0) is 6.42 Å². The number of nitrogen functional groups attached to an aromatic ring is 1. The predicted molar refractivity (Wildman–Crippen MR) is 66.4 cm³/mol. The first-order valence-electron chi connectivity index (χ1n) is 5.41. The van der Waals surface area contributed by atoms with Crippen LogP contribution in [0.5, 0.6) is 0 Å². The molecule has 0 fully saturated rings. The van der Waals surface area contributed by atoms with Crippen LogP contribution in [-0.4, -0.2) is 15.0 Å². The maximum Gasteiger partial charge on any atom is 0.146 e. The van der Waals surface area contributed by atoms with Gasteiger partial charge in [-0.1, -0.05) is 6.07 Å². The number of hydrogen-bond acceptors (Lipinski definition) is 5. The van der Waals surface area contributed by atoms with Crippen LogP contribution < -0.4 is 11.3 Å². The predicted octanol–water partition coefficient (Wildman–Crippen LogP) is 1.36. The fourth-order valence-electron chi connectivity index (χ4n) is 1.57. The first kappa shape index (κ1) is 11.5. The van der Waals surface area contributed by atoms with Gasteiger partial charge in [0.25, 0.3) is 0 Å². The minimum atomic E-state index is 0.608. The van der Waals surface area contributed by atoms with Crippen molar-refractivity contribution in [2.75, 3.05) is 5.43 Å². The maximum absolute atomic E-state index is 5.43. The van der Waals surface area contributed by atoms with E-state index >= 15 is 0 Å². The molecule has 5 nitrogen and oxygen atoms in total. The molecule has 0 saturated carbocycles. The van der Waals surface area contributed by atoms with Gasteiger partial charge in [-0.2, -0.15) is 0 Å². The van der Waals surface area contributed by atoms with E-state index in [9.17, 15) is 0 Å². The molecule has 2 aromatic rings. The van der Waals surface area contributed by atoms with Gasteiger partial charge in [0.15, 0.2) is 0 Å². The first-order valence-corrected chi connectivity index (χ1v) is 5.41. The van der Waals surface area contributed by atoms with Gasteiger partial charge in [0.1, 0.15) is 11.6 Å². The summed E-state index contributed by atoms with van der Waals surface area (Å²) in [5, 5.41) is 0. The lowest BCUT2D eigenvalue weighted by Crippen LogP contribution is -2.13. The Morgan fingerprint density at radius 3 is 2.71 bits per heavy atom. The van der Waals surface area contributed by atoms with Gasteiger partial charge >= 0.3 is 0 Å². The molecule has 0 saturated heterocycles. The van der Waals surface area contributed by atoms with Crippen molar-refractivity contribution in [3.8, 4) is 0 Å². The van der Waals surface area contributed by atoms with Crippen molar-refractivity contribution in [2.45, 2.75) is 20.3 Å². The highest BCUT2D eigenvalue weighted by Gasteiger charge is 2.07. The molecule has 0 aliphatic rings. The molecule has 0 aromatic carbocycles. The van der Waals surface area contributed by atoms with Gasteiger partial charge < -0.3 is 5.43 Å². The standard InChI is InChI=1S/C12H15N5/c1-8-9(2)15-11(16-12(8)17-13)7-10-5-3-4-6-14-10/h3-6H,7,13H2,1-2H3,(H,15,16,17). The second kappa shape index (κ2) is 4.88. The molecule has 2 aromatic heterocycles. The molecular formula is C12H15N5. The van der Waals surface area contributed by atoms with E-state index in [0.29, 0.717) is 12.2 Å². The number of hydrogen-bond donors (Lipinski definition) is 2. The Kier molecular flexibility index (Phi) is 3.30. The number of pyridine rings is 1. The minimum absolute atomic E-state index is 0.608. The van der Waals surface area contributed by atoms with Crippen LogP contribution in [0.15, 0.2) is 24.4 Å². The van der Waals surface area contributed by atoms with Gasteiger partial charge in [-0.25, -0.2) is 15.8 Å². The van der Waals surface area contributed by atoms with Gasteiger partial charge in [-0.3, -0.25) is 4.98 Å². The topological polar surface area (TPSA) is 76.7 Å². The van der Waals surface area contributed by atoms with Crippen LogP contribution in [0.3, 0.4) is 0 Å². The summed E-state index contributed by atoms with van der Waals surface area (Å²) in [6.45, 7) is 3.88. The molecule has 5 heteroatoms. The van der Waals surface area contributed by atoms with E-state index in [1.54, 1.807) is 6.20 Å². The monoisotopic (exact) mass is 229 g/mol. The number of nitrogens with two attached hydrogens (primary N) is 1.